The van der Waals surface area contributed by atoms with Crippen LogP contribution in [0.2, 0.25) is 0 Å². The number of ether oxygens (including phenoxy) is 1. The third kappa shape index (κ3) is 4.27. The van der Waals surface area contributed by atoms with Crippen molar-refractivity contribution in [3.63, 3.8) is 0 Å². The largest absolute Gasteiger partial charge is 0.487 e. The maximum Gasteiger partial charge on any atom is 0.335 e. The molecule has 0 atom stereocenters. The van der Waals surface area contributed by atoms with E-state index in [1.807, 2.05) is 0 Å². The van der Waals surface area contributed by atoms with Crippen LogP contribution in [0, 0.1) is 18.6 Å². The lowest BCUT2D eigenvalue weighted by Gasteiger charge is -2.17. The van der Waals surface area contributed by atoms with E-state index in [1.165, 1.54) is 28.8 Å². The van der Waals surface area contributed by atoms with Crippen LogP contribution < -0.4 is 10.3 Å². The summed E-state index contributed by atoms with van der Waals surface area (Å²) in [5.41, 5.74) is 0.523. The third-order valence-electron chi connectivity index (χ3n) is 4.45. The number of benzene rings is 2. The molecule has 2 N–H and O–H groups in total. The molecule has 0 saturated carbocycles. The van der Waals surface area contributed by atoms with E-state index in [4.69, 9.17) is 4.74 Å². The van der Waals surface area contributed by atoms with E-state index in [9.17, 15) is 28.6 Å². The van der Waals surface area contributed by atoms with Gasteiger partial charge in [0.1, 0.15) is 28.5 Å². The zero-order valence-electron chi connectivity index (χ0n) is 15.7. The van der Waals surface area contributed by atoms with Crippen LogP contribution in [0.1, 0.15) is 27.2 Å². The first-order chi connectivity index (χ1) is 14.2. The van der Waals surface area contributed by atoms with E-state index >= 15 is 0 Å². The predicted octanol–water partition coefficient (Wildman–Crippen LogP) is 3.96. The number of carboxylic acids is 1. The normalized spacial score (nSPS) is 10.8. The first kappa shape index (κ1) is 21.7. The quantitative estimate of drug-likeness (QED) is 0.558. The van der Waals surface area contributed by atoms with Gasteiger partial charge in [0.2, 0.25) is 0 Å². The Bertz CT molecular complexity index is 1190. The summed E-state index contributed by atoms with van der Waals surface area (Å²) in [5, 5.41) is 19.0. The number of pyridine rings is 1. The van der Waals surface area contributed by atoms with Crippen molar-refractivity contribution in [2.24, 2.45) is 0 Å². The van der Waals surface area contributed by atoms with Gasteiger partial charge < -0.3 is 14.9 Å². The molecule has 3 aromatic rings. The Morgan fingerprint density at radius 3 is 2.53 bits per heavy atom. The number of hydrogen-bond acceptors (Lipinski definition) is 4. The van der Waals surface area contributed by atoms with Crippen molar-refractivity contribution in [1.29, 1.82) is 0 Å². The summed E-state index contributed by atoms with van der Waals surface area (Å²) in [5.74, 6) is -2.62. The average molecular weight is 480 g/mol. The molecule has 0 aliphatic carbocycles. The molecule has 1 heterocycles. The summed E-state index contributed by atoms with van der Waals surface area (Å²) in [6.07, 6.45) is 0. The van der Waals surface area contributed by atoms with Gasteiger partial charge in [0.05, 0.1) is 23.6 Å². The van der Waals surface area contributed by atoms with E-state index < -0.39 is 29.8 Å². The van der Waals surface area contributed by atoms with Crippen molar-refractivity contribution in [3.8, 4) is 11.4 Å². The van der Waals surface area contributed by atoms with E-state index in [1.54, 1.807) is 13.0 Å². The van der Waals surface area contributed by atoms with E-state index in [2.05, 4.69) is 15.9 Å². The number of aliphatic hydroxyl groups excluding tert-OH is 1. The Hall–Kier alpha value is -3.04. The second-order valence-corrected chi connectivity index (χ2v) is 7.24. The Morgan fingerprint density at radius 1 is 1.17 bits per heavy atom. The lowest BCUT2D eigenvalue weighted by Crippen LogP contribution is -2.24. The van der Waals surface area contributed by atoms with E-state index in [0.29, 0.717) is 11.3 Å². The van der Waals surface area contributed by atoms with Crippen LogP contribution in [-0.2, 0) is 13.2 Å². The molecule has 2 aromatic carbocycles. The molecule has 0 amide bonds. The van der Waals surface area contributed by atoms with Crippen molar-refractivity contribution >= 4 is 21.9 Å². The van der Waals surface area contributed by atoms with Crippen molar-refractivity contribution in [2.45, 2.75) is 20.1 Å². The minimum absolute atomic E-state index is 0.00217. The lowest BCUT2D eigenvalue weighted by molar-refractivity contribution is 0.0697. The smallest absolute Gasteiger partial charge is 0.335 e. The molecule has 6 nitrogen and oxygen atoms in total. The summed E-state index contributed by atoms with van der Waals surface area (Å²) in [4.78, 5) is 24.3. The monoisotopic (exact) mass is 479 g/mol. The summed E-state index contributed by atoms with van der Waals surface area (Å²) in [6, 6.07) is 8.73. The number of aromatic nitrogens is 1. The highest BCUT2D eigenvalue weighted by atomic mass is 79.9. The van der Waals surface area contributed by atoms with Crippen molar-refractivity contribution in [2.75, 3.05) is 0 Å². The van der Waals surface area contributed by atoms with Gasteiger partial charge >= 0.3 is 5.97 Å². The van der Waals surface area contributed by atoms with Gasteiger partial charge in [0, 0.05) is 17.7 Å². The minimum Gasteiger partial charge on any atom is -0.487 e. The number of hydrogen-bond donors (Lipinski definition) is 2. The molecule has 0 saturated heterocycles. The van der Waals surface area contributed by atoms with Crippen LogP contribution >= 0.6 is 15.9 Å². The Labute approximate surface area is 178 Å². The fraction of sp³-hybridized carbons (Fsp3) is 0.143. The third-order valence-corrected chi connectivity index (χ3v) is 5.18. The molecule has 0 radical (unpaired) electrons. The maximum absolute atomic E-state index is 13.8. The second kappa shape index (κ2) is 8.76. The molecule has 0 unspecified atom stereocenters. The zero-order valence-corrected chi connectivity index (χ0v) is 17.2. The Kier molecular flexibility index (Phi) is 6.33. The van der Waals surface area contributed by atoms with Crippen molar-refractivity contribution in [1.82, 2.24) is 4.57 Å². The van der Waals surface area contributed by atoms with E-state index in [0.717, 1.165) is 12.1 Å². The van der Waals surface area contributed by atoms with Gasteiger partial charge in [-0.3, -0.25) is 9.36 Å². The number of aliphatic hydroxyl groups is 1. The first-order valence-electron chi connectivity index (χ1n) is 8.69. The molecule has 0 aliphatic rings. The van der Waals surface area contributed by atoms with E-state index in [-0.39, 0.29) is 33.6 Å². The molecule has 156 valence electrons. The van der Waals surface area contributed by atoms with Gasteiger partial charge in [-0.2, -0.15) is 0 Å². The van der Waals surface area contributed by atoms with Gasteiger partial charge in [0.15, 0.2) is 0 Å². The summed E-state index contributed by atoms with van der Waals surface area (Å²) >= 11 is 3.16. The molecule has 0 bridgehead atoms. The fourth-order valence-electron chi connectivity index (χ4n) is 2.88. The van der Waals surface area contributed by atoms with Crippen LogP contribution in [0.25, 0.3) is 5.69 Å². The summed E-state index contributed by atoms with van der Waals surface area (Å²) in [7, 11) is 0. The van der Waals surface area contributed by atoms with Gasteiger partial charge in [0.25, 0.3) is 5.56 Å². The molecular formula is C21H16BrF2NO5. The highest BCUT2D eigenvalue weighted by Gasteiger charge is 2.18. The van der Waals surface area contributed by atoms with Gasteiger partial charge in [-0.25, -0.2) is 13.6 Å². The van der Waals surface area contributed by atoms with Crippen LogP contribution in [-0.4, -0.2) is 20.7 Å². The van der Waals surface area contributed by atoms with Crippen molar-refractivity contribution in [3.05, 3.63) is 91.3 Å². The van der Waals surface area contributed by atoms with Crippen LogP contribution in [0.3, 0.4) is 0 Å². The van der Waals surface area contributed by atoms with Crippen LogP contribution in [0.5, 0.6) is 5.75 Å². The molecular weight excluding hydrogens is 464 g/mol. The van der Waals surface area contributed by atoms with Gasteiger partial charge in [-0.15, -0.1) is 0 Å². The minimum atomic E-state index is -1.16. The number of halogens is 3. The maximum atomic E-state index is 13.8. The standard InChI is InChI=1S/C21H16BrF2NO5/c1-11-2-3-12(21(28)29)6-17(11)25-15(9-26)8-18(19(22)20(25)27)30-10-13-4-5-14(23)7-16(13)24/h2-8,26H,9-10H2,1H3,(H,28,29). The lowest BCUT2D eigenvalue weighted by atomic mass is 10.1. The Balaban J connectivity index is 2.05. The molecule has 3 rings (SSSR count). The summed E-state index contributed by atoms with van der Waals surface area (Å²) in [6.45, 7) is 0.886. The molecule has 0 spiro atoms. The summed E-state index contributed by atoms with van der Waals surface area (Å²) < 4.78 is 33.6. The number of aryl methyl sites for hydroxylation is 1. The number of aromatic carboxylic acids is 1. The van der Waals surface area contributed by atoms with Crippen LogP contribution in [0.4, 0.5) is 8.78 Å². The number of rotatable bonds is 6. The average Bonchev–Trinajstić information content (AvgIpc) is 2.70. The molecule has 1 aromatic heterocycles. The van der Waals surface area contributed by atoms with Gasteiger partial charge in [-0.1, -0.05) is 6.07 Å². The predicted molar refractivity (Wildman–Crippen MR) is 108 cm³/mol. The molecule has 0 aliphatic heterocycles. The first-order valence-corrected chi connectivity index (χ1v) is 9.48. The molecule has 30 heavy (non-hydrogen) atoms. The number of nitrogens with zero attached hydrogens (tertiary/aromatic N) is 1. The SMILES string of the molecule is Cc1ccc(C(=O)O)cc1-n1c(CO)cc(OCc2ccc(F)cc2F)c(Br)c1=O. The Morgan fingerprint density at radius 2 is 1.90 bits per heavy atom. The molecule has 9 heteroatoms. The second-order valence-electron chi connectivity index (χ2n) is 6.44. The molecule has 0 fully saturated rings. The fourth-order valence-corrected chi connectivity index (χ4v) is 3.28. The van der Waals surface area contributed by atoms with Gasteiger partial charge in [-0.05, 0) is 52.7 Å². The topological polar surface area (TPSA) is 88.8 Å². The number of carbonyl (C=O) groups is 1. The van der Waals surface area contributed by atoms with Crippen molar-refractivity contribution < 1.29 is 28.5 Å². The highest BCUT2D eigenvalue weighted by molar-refractivity contribution is 9.10. The zero-order chi connectivity index (χ0) is 22.0. The highest BCUT2D eigenvalue weighted by Crippen LogP contribution is 2.27. The van der Waals surface area contributed by atoms with Crippen LogP contribution in [0.15, 0.2) is 51.7 Å². The number of carboxylic acid groups (broad SMARTS) is 1.